The molecule has 1 atom stereocenters. The van der Waals surface area contributed by atoms with Crippen LogP contribution in [0.4, 0.5) is 0 Å². The van der Waals surface area contributed by atoms with Crippen LogP contribution in [-0.2, 0) is 4.79 Å². The maximum Gasteiger partial charge on any atom is 0.325 e. The van der Waals surface area contributed by atoms with Gasteiger partial charge in [0.05, 0.1) is 0 Å². The molecule has 68 valence electrons. The van der Waals surface area contributed by atoms with Crippen LogP contribution in [0.25, 0.3) is 0 Å². The van der Waals surface area contributed by atoms with Crippen molar-refractivity contribution in [2.45, 2.75) is 18.4 Å². The van der Waals surface area contributed by atoms with Crippen LogP contribution in [0.3, 0.4) is 0 Å². The third kappa shape index (κ3) is 1.43. The molecule has 1 unspecified atom stereocenters. The van der Waals surface area contributed by atoms with Crippen molar-refractivity contribution in [2.24, 2.45) is 0 Å². The summed E-state index contributed by atoms with van der Waals surface area (Å²) in [7, 11) is 1.67. The molecular formula is C8H14N2O2. The van der Waals surface area contributed by atoms with E-state index < -0.39 is 11.5 Å². The predicted octanol–water partition coefficient (Wildman–Crippen LogP) is -0.0737. The molecule has 1 aliphatic heterocycles. The Labute approximate surface area is 71.7 Å². The van der Waals surface area contributed by atoms with Gasteiger partial charge in [0.2, 0.25) is 0 Å². The van der Waals surface area contributed by atoms with E-state index in [2.05, 4.69) is 17.2 Å². The Bertz CT molecular complexity index is 203. The maximum absolute atomic E-state index is 10.9. The number of carboxylic acid groups (broad SMARTS) is 1. The average Bonchev–Trinajstić information content (AvgIpc) is 2.06. The molecule has 1 saturated heterocycles. The molecule has 0 radical (unpaired) electrons. The third-order valence-corrected chi connectivity index (χ3v) is 2.38. The number of piperidine rings is 1. The highest BCUT2D eigenvalue weighted by molar-refractivity contribution is 5.79. The summed E-state index contributed by atoms with van der Waals surface area (Å²) >= 11 is 0. The molecule has 0 spiro atoms. The molecule has 0 aromatic rings. The molecule has 4 heteroatoms. The van der Waals surface area contributed by atoms with Crippen LogP contribution in [0.5, 0.6) is 0 Å². The zero-order chi connectivity index (χ0) is 9.19. The van der Waals surface area contributed by atoms with Crippen LogP contribution in [0, 0.1) is 0 Å². The number of nitrogens with one attached hydrogen (secondary N) is 2. The summed E-state index contributed by atoms with van der Waals surface area (Å²) in [5, 5.41) is 14.7. The minimum Gasteiger partial charge on any atom is -0.480 e. The largest absolute Gasteiger partial charge is 0.480 e. The van der Waals surface area contributed by atoms with E-state index in [1.165, 1.54) is 0 Å². The number of hydrogen-bond donors (Lipinski definition) is 3. The lowest BCUT2D eigenvalue weighted by Crippen LogP contribution is -2.59. The minimum atomic E-state index is -0.804. The summed E-state index contributed by atoms with van der Waals surface area (Å²) in [5.74, 6) is -0.801. The molecule has 1 aliphatic rings. The van der Waals surface area contributed by atoms with E-state index >= 15 is 0 Å². The normalized spacial score (nSPS) is 29.6. The second-order valence-corrected chi connectivity index (χ2v) is 3.09. The van der Waals surface area contributed by atoms with Gasteiger partial charge in [-0.1, -0.05) is 6.58 Å². The molecule has 1 heterocycles. The standard InChI is InChI=1S/C8H14N2O2/c1-6-3-4-8(9-2,5-10-6)7(11)12/h9-10H,1,3-5H2,2H3,(H,11,12). The summed E-state index contributed by atoms with van der Waals surface area (Å²) < 4.78 is 0. The van der Waals surface area contributed by atoms with Crippen molar-refractivity contribution in [3.8, 4) is 0 Å². The number of rotatable bonds is 2. The average molecular weight is 170 g/mol. The number of hydrogen-bond acceptors (Lipinski definition) is 3. The van der Waals surface area contributed by atoms with Gasteiger partial charge in [0.15, 0.2) is 0 Å². The van der Waals surface area contributed by atoms with Crippen molar-refractivity contribution < 1.29 is 9.90 Å². The first kappa shape index (κ1) is 9.06. The van der Waals surface area contributed by atoms with Crippen LogP contribution in [-0.4, -0.2) is 30.2 Å². The first-order valence-corrected chi connectivity index (χ1v) is 3.95. The van der Waals surface area contributed by atoms with Crippen LogP contribution < -0.4 is 10.6 Å². The smallest absolute Gasteiger partial charge is 0.325 e. The minimum absolute atomic E-state index is 0.414. The van der Waals surface area contributed by atoms with Gasteiger partial charge in [-0.2, -0.15) is 0 Å². The SMILES string of the molecule is C=C1CCC(NC)(C(=O)O)CN1. The zero-order valence-electron chi connectivity index (χ0n) is 7.18. The molecule has 1 fully saturated rings. The van der Waals surface area contributed by atoms with E-state index in [9.17, 15) is 4.79 Å². The van der Waals surface area contributed by atoms with Crippen LogP contribution >= 0.6 is 0 Å². The van der Waals surface area contributed by atoms with Gasteiger partial charge in [-0.05, 0) is 19.9 Å². The first-order valence-electron chi connectivity index (χ1n) is 3.95. The van der Waals surface area contributed by atoms with E-state index in [-0.39, 0.29) is 0 Å². The Kier molecular flexibility index (Phi) is 2.38. The number of allylic oxidation sites excluding steroid dienone is 1. The van der Waals surface area contributed by atoms with Crippen molar-refractivity contribution in [1.82, 2.24) is 10.6 Å². The van der Waals surface area contributed by atoms with Gasteiger partial charge in [-0.25, -0.2) is 0 Å². The summed E-state index contributed by atoms with van der Waals surface area (Å²) in [4.78, 5) is 10.9. The molecule has 0 aromatic heterocycles. The Morgan fingerprint density at radius 3 is 2.83 bits per heavy atom. The molecule has 0 aliphatic carbocycles. The highest BCUT2D eigenvalue weighted by Crippen LogP contribution is 2.19. The molecule has 3 N–H and O–H groups in total. The summed E-state index contributed by atoms with van der Waals surface area (Å²) in [5.41, 5.74) is 0.114. The van der Waals surface area contributed by atoms with Gasteiger partial charge in [0.25, 0.3) is 0 Å². The summed E-state index contributed by atoms with van der Waals surface area (Å²) in [6.07, 6.45) is 1.32. The molecule has 1 rings (SSSR count). The Morgan fingerprint density at radius 1 is 1.83 bits per heavy atom. The van der Waals surface area contributed by atoms with E-state index in [1.54, 1.807) is 7.05 Å². The van der Waals surface area contributed by atoms with Crippen molar-refractivity contribution in [1.29, 1.82) is 0 Å². The lowest BCUT2D eigenvalue weighted by atomic mass is 9.89. The van der Waals surface area contributed by atoms with Gasteiger partial charge >= 0.3 is 5.97 Å². The quantitative estimate of drug-likeness (QED) is 0.542. The van der Waals surface area contributed by atoms with Gasteiger partial charge in [-0.15, -0.1) is 0 Å². The van der Waals surface area contributed by atoms with Crippen molar-refractivity contribution in [3.05, 3.63) is 12.3 Å². The Balaban J connectivity index is 2.69. The lowest BCUT2D eigenvalue weighted by Gasteiger charge is -2.34. The van der Waals surface area contributed by atoms with E-state index in [0.29, 0.717) is 19.4 Å². The molecule has 4 nitrogen and oxygen atoms in total. The fourth-order valence-electron chi connectivity index (χ4n) is 1.32. The fraction of sp³-hybridized carbons (Fsp3) is 0.625. The van der Waals surface area contributed by atoms with Crippen molar-refractivity contribution in [3.63, 3.8) is 0 Å². The number of likely N-dealkylation sites (N-methyl/N-ethyl adjacent to an activating group) is 1. The Hall–Kier alpha value is -1.03. The van der Waals surface area contributed by atoms with Crippen LogP contribution in [0.1, 0.15) is 12.8 Å². The summed E-state index contributed by atoms with van der Waals surface area (Å²) in [6, 6.07) is 0. The van der Waals surface area contributed by atoms with Gasteiger partial charge in [0, 0.05) is 12.2 Å². The van der Waals surface area contributed by atoms with Crippen LogP contribution in [0.15, 0.2) is 12.3 Å². The Morgan fingerprint density at radius 2 is 2.50 bits per heavy atom. The molecule has 0 saturated carbocycles. The number of carbonyl (C=O) groups is 1. The molecule has 12 heavy (non-hydrogen) atoms. The number of carboxylic acids is 1. The topological polar surface area (TPSA) is 61.4 Å². The second kappa shape index (κ2) is 3.15. The second-order valence-electron chi connectivity index (χ2n) is 3.09. The maximum atomic E-state index is 10.9. The molecule has 0 aromatic carbocycles. The van der Waals surface area contributed by atoms with Crippen molar-refractivity contribution in [2.75, 3.05) is 13.6 Å². The lowest BCUT2D eigenvalue weighted by molar-refractivity contribution is -0.145. The monoisotopic (exact) mass is 170 g/mol. The summed E-state index contributed by atoms with van der Waals surface area (Å²) in [6.45, 7) is 4.16. The molecule has 0 bridgehead atoms. The third-order valence-electron chi connectivity index (χ3n) is 2.38. The van der Waals surface area contributed by atoms with E-state index in [0.717, 1.165) is 5.70 Å². The fourth-order valence-corrected chi connectivity index (χ4v) is 1.32. The predicted molar refractivity (Wildman–Crippen MR) is 45.8 cm³/mol. The van der Waals surface area contributed by atoms with Crippen molar-refractivity contribution >= 4 is 5.97 Å². The van der Waals surface area contributed by atoms with Crippen LogP contribution in [0.2, 0.25) is 0 Å². The number of aliphatic carboxylic acids is 1. The van der Waals surface area contributed by atoms with Gasteiger partial charge < -0.3 is 15.7 Å². The van der Waals surface area contributed by atoms with E-state index in [1.807, 2.05) is 0 Å². The van der Waals surface area contributed by atoms with Gasteiger partial charge in [-0.3, -0.25) is 4.79 Å². The highest BCUT2D eigenvalue weighted by atomic mass is 16.4. The highest BCUT2D eigenvalue weighted by Gasteiger charge is 2.38. The first-order chi connectivity index (χ1) is 5.60. The molecule has 0 amide bonds. The zero-order valence-corrected chi connectivity index (χ0v) is 7.18. The van der Waals surface area contributed by atoms with E-state index in [4.69, 9.17) is 5.11 Å². The molecular weight excluding hydrogens is 156 g/mol. The van der Waals surface area contributed by atoms with Gasteiger partial charge in [0.1, 0.15) is 5.54 Å².